The Morgan fingerprint density at radius 1 is 1.36 bits per heavy atom. The van der Waals surface area contributed by atoms with Crippen molar-refractivity contribution in [2.24, 2.45) is 0 Å². The van der Waals surface area contributed by atoms with Crippen molar-refractivity contribution in [2.45, 2.75) is 26.4 Å². The molecule has 0 aliphatic heterocycles. The topological polar surface area (TPSA) is 35.2 Å². The van der Waals surface area contributed by atoms with Crippen LogP contribution >= 0.6 is 11.6 Å². The van der Waals surface area contributed by atoms with Crippen molar-refractivity contribution >= 4 is 17.3 Å². The SMILES string of the molecule is CC(C)(C)Oc1cc(N)c(F)cc1Cl. The first-order valence-electron chi connectivity index (χ1n) is 4.23. The Kier molecular flexibility index (Phi) is 2.90. The van der Waals surface area contributed by atoms with Gasteiger partial charge in [-0.1, -0.05) is 11.6 Å². The average Bonchev–Trinajstić information content (AvgIpc) is 1.97. The molecule has 0 unspecified atom stereocenters. The summed E-state index contributed by atoms with van der Waals surface area (Å²) in [5.41, 5.74) is 5.05. The highest BCUT2D eigenvalue weighted by Crippen LogP contribution is 2.31. The Labute approximate surface area is 87.8 Å². The van der Waals surface area contributed by atoms with E-state index >= 15 is 0 Å². The number of ether oxygens (including phenoxy) is 1. The van der Waals surface area contributed by atoms with E-state index in [1.54, 1.807) is 0 Å². The molecule has 0 aliphatic rings. The van der Waals surface area contributed by atoms with Crippen molar-refractivity contribution in [2.75, 3.05) is 5.73 Å². The van der Waals surface area contributed by atoms with Crippen LogP contribution in [0.1, 0.15) is 20.8 Å². The number of rotatable bonds is 1. The van der Waals surface area contributed by atoms with E-state index in [1.165, 1.54) is 6.07 Å². The van der Waals surface area contributed by atoms with Gasteiger partial charge in [0.05, 0.1) is 10.7 Å². The van der Waals surface area contributed by atoms with Gasteiger partial charge in [-0.05, 0) is 26.8 Å². The first-order chi connectivity index (χ1) is 6.29. The highest BCUT2D eigenvalue weighted by molar-refractivity contribution is 6.32. The minimum Gasteiger partial charge on any atom is -0.487 e. The van der Waals surface area contributed by atoms with Gasteiger partial charge >= 0.3 is 0 Å². The number of nitrogens with two attached hydrogens (primary N) is 1. The molecule has 0 fully saturated rings. The number of hydrogen-bond acceptors (Lipinski definition) is 2. The monoisotopic (exact) mass is 217 g/mol. The highest BCUT2D eigenvalue weighted by atomic mass is 35.5. The summed E-state index contributed by atoms with van der Waals surface area (Å²) < 4.78 is 18.4. The molecule has 4 heteroatoms. The van der Waals surface area contributed by atoms with Gasteiger partial charge in [0.1, 0.15) is 17.2 Å². The van der Waals surface area contributed by atoms with Crippen LogP contribution in [0.5, 0.6) is 5.75 Å². The maximum absolute atomic E-state index is 12.9. The van der Waals surface area contributed by atoms with Crippen molar-refractivity contribution in [3.8, 4) is 5.75 Å². The zero-order valence-electron chi connectivity index (χ0n) is 8.40. The average molecular weight is 218 g/mol. The van der Waals surface area contributed by atoms with Crippen LogP contribution in [0.15, 0.2) is 12.1 Å². The molecule has 14 heavy (non-hydrogen) atoms. The van der Waals surface area contributed by atoms with Gasteiger partial charge < -0.3 is 10.5 Å². The molecule has 0 saturated heterocycles. The van der Waals surface area contributed by atoms with Crippen molar-refractivity contribution in [3.63, 3.8) is 0 Å². The third-order valence-electron chi connectivity index (χ3n) is 1.47. The minimum absolute atomic E-state index is 0.0358. The fraction of sp³-hybridized carbons (Fsp3) is 0.400. The van der Waals surface area contributed by atoms with E-state index in [1.807, 2.05) is 20.8 Å². The van der Waals surface area contributed by atoms with Crippen LogP contribution in [0.4, 0.5) is 10.1 Å². The molecule has 78 valence electrons. The Morgan fingerprint density at radius 2 is 1.93 bits per heavy atom. The lowest BCUT2D eigenvalue weighted by Gasteiger charge is -2.22. The molecule has 0 spiro atoms. The van der Waals surface area contributed by atoms with Crippen LogP contribution in [0.3, 0.4) is 0 Å². The van der Waals surface area contributed by atoms with Crippen LogP contribution < -0.4 is 10.5 Å². The van der Waals surface area contributed by atoms with Crippen molar-refractivity contribution < 1.29 is 9.13 Å². The van der Waals surface area contributed by atoms with Crippen LogP contribution in [-0.2, 0) is 0 Å². The molecule has 2 nitrogen and oxygen atoms in total. The molecule has 0 saturated carbocycles. The van der Waals surface area contributed by atoms with Crippen molar-refractivity contribution in [3.05, 3.63) is 23.0 Å². The molecule has 2 N–H and O–H groups in total. The molecule has 0 heterocycles. The molecule has 0 radical (unpaired) electrons. The number of halogens is 2. The molecular weight excluding hydrogens is 205 g/mol. The molecule has 1 rings (SSSR count). The summed E-state index contributed by atoms with van der Waals surface area (Å²) in [6, 6.07) is 2.54. The predicted molar refractivity (Wildman–Crippen MR) is 56.2 cm³/mol. The van der Waals surface area contributed by atoms with Gasteiger partial charge in [0.15, 0.2) is 0 Å². The second kappa shape index (κ2) is 3.65. The number of anilines is 1. The summed E-state index contributed by atoms with van der Waals surface area (Å²) in [6.07, 6.45) is 0. The lowest BCUT2D eigenvalue weighted by Crippen LogP contribution is -2.23. The second-order valence-corrected chi connectivity index (χ2v) is 4.43. The van der Waals surface area contributed by atoms with Crippen LogP contribution in [0, 0.1) is 5.82 Å². The van der Waals surface area contributed by atoms with Gasteiger partial charge in [0, 0.05) is 6.07 Å². The Bertz CT molecular complexity index is 347. The quantitative estimate of drug-likeness (QED) is 0.733. The first-order valence-corrected chi connectivity index (χ1v) is 4.61. The fourth-order valence-electron chi connectivity index (χ4n) is 0.953. The van der Waals surface area contributed by atoms with E-state index in [9.17, 15) is 4.39 Å². The largest absolute Gasteiger partial charge is 0.487 e. The third kappa shape index (κ3) is 2.77. The lowest BCUT2D eigenvalue weighted by molar-refractivity contribution is 0.131. The number of benzene rings is 1. The van der Waals surface area contributed by atoms with Gasteiger partial charge in [-0.2, -0.15) is 0 Å². The molecule has 0 amide bonds. The molecule has 0 aliphatic carbocycles. The molecular formula is C10H13ClFNO. The number of hydrogen-bond donors (Lipinski definition) is 1. The maximum Gasteiger partial charge on any atom is 0.147 e. The zero-order chi connectivity index (χ0) is 10.9. The molecule has 1 aromatic carbocycles. The number of nitrogen functional groups attached to an aromatic ring is 1. The summed E-state index contributed by atoms with van der Waals surface area (Å²) >= 11 is 5.79. The van der Waals surface area contributed by atoms with E-state index in [0.29, 0.717) is 5.75 Å². The smallest absolute Gasteiger partial charge is 0.147 e. The second-order valence-electron chi connectivity index (χ2n) is 4.02. The van der Waals surface area contributed by atoms with Gasteiger partial charge in [0.25, 0.3) is 0 Å². The van der Waals surface area contributed by atoms with E-state index < -0.39 is 5.82 Å². The molecule has 0 atom stereocenters. The third-order valence-corrected chi connectivity index (χ3v) is 1.76. The summed E-state index contributed by atoms with van der Waals surface area (Å²) in [5.74, 6) is -0.130. The van der Waals surface area contributed by atoms with Crippen LogP contribution in [0.2, 0.25) is 5.02 Å². The highest BCUT2D eigenvalue weighted by Gasteiger charge is 2.15. The maximum atomic E-state index is 12.9. The van der Waals surface area contributed by atoms with Gasteiger partial charge in [-0.15, -0.1) is 0 Å². The van der Waals surface area contributed by atoms with E-state index in [-0.39, 0.29) is 16.3 Å². The summed E-state index contributed by atoms with van der Waals surface area (Å²) in [7, 11) is 0. The standard InChI is InChI=1S/C10H13ClFNO/c1-10(2,3)14-9-5-8(13)7(12)4-6(9)11/h4-5H,13H2,1-3H3. The van der Waals surface area contributed by atoms with E-state index in [2.05, 4.69) is 0 Å². The van der Waals surface area contributed by atoms with Crippen molar-refractivity contribution in [1.82, 2.24) is 0 Å². The molecule has 1 aromatic rings. The predicted octanol–water partition coefficient (Wildman–Crippen LogP) is 3.24. The van der Waals surface area contributed by atoms with Crippen LogP contribution in [0.25, 0.3) is 0 Å². The molecule has 0 aromatic heterocycles. The van der Waals surface area contributed by atoms with Gasteiger partial charge in [0.2, 0.25) is 0 Å². The zero-order valence-corrected chi connectivity index (χ0v) is 9.15. The van der Waals surface area contributed by atoms with Gasteiger partial charge in [-0.25, -0.2) is 4.39 Å². The van der Waals surface area contributed by atoms with E-state index in [0.717, 1.165) is 6.07 Å². The van der Waals surface area contributed by atoms with E-state index in [4.69, 9.17) is 22.1 Å². The Balaban J connectivity index is 3.04. The summed E-state index contributed by atoms with van der Waals surface area (Å²) in [6.45, 7) is 5.63. The van der Waals surface area contributed by atoms with Gasteiger partial charge in [-0.3, -0.25) is 0 Å². The molecule has 0 bridgehead atoms. The normalized spacial score (nSPS) is 11.5. The Hall–Kier alpha value is -0.960. The van der Waals surface area contributed by atoms with Crippen LogP contribution in [-0.4, -0.2) is 5.60 Å². The van der Waals surface area contributed by atoms with Crippen molar-refractivity contribution in [1.29, 1.82) is 0 Å². The summed E-state index contributed by atoms with van der Waals surface area (Å²) in [5, 5.41) is 0.228. The Morgan fingerprint density at radius 3 is 2.43 bits per heavy atom. The fourth-order valence-corrected chi connectivity index (χ4v) is 1.14. The minimum atomic E-state index is -0.531. The first kappa shape index (κ1) is 11.1. The lowest BCUT2D eigenvalue weighted by atomic mass is 10.2. The summed E-state index contributed by atoms with van der Waals surface area (Å²) in [4.78, 5) is 0.